The third kappa shape index (κ3) is 4.24. The van der Waals surface area contributed by atoms with Gasteiger partial charge in [-0.05, 0) is 24.5 Å². The van der Waals surface area contributed by atoms with Crippen LogP contribution in [0.5, 0.6) is 0 Å². The van der Waals surface area contributed by atoms with Crippen molar-refractivity contribution in [2.24, 2.45) is 0 Å². The van der Waals surface area contributed by atoms with Crippen molar-refractivity contribution < 1.29 is 18.3 Å². The standard InChI is InChI=1S/C16H21F2NO2/c1-21-16(20)14(19-13-8-3-2-4-9-13)11-6-5-7-12(10-11)15(17)18/h5-7,10,13-15,19H,2-4,8-9H2,1H3. The summed E-state index contributed by atoms with van der Waals surface area (Å²) in [4.78, 5) is 12.0. The molecule has 1 aliphatic carbocycles. The van der Waals surface area contributed by atoms with E-state index in [0.29, 0.717) is 5.56 Å². The molecule has 1 aliphatic rings. The molecule has 1 aromatic carbocycles. The van der Waals surface area contributed by atoms with Crippen LogP contribution in [0.2, 0.25) is 0 Å². The van der Waals surface area contributed by atoms with Gasteiger partial charge in [-0.2, -0.15) is 0 Å². The molecule has 1 saturated carbocycles. The highest BCUT2D eigenvalue weighted by atomic mass is 19.3. The van der Waals surface area contributed by atoms with E-state index < -0.39 is 18.4 Å². The molecule has 1 unspecified atom stereocenters. The van der Waals surface area contributed by atoms with Crippen LogP contribution < -0.4 is 5.32 Å². The molecular weight excluding hydrogens is 276 g/mol. The molecule has 0 saturated heterocycles. The molecule has 1 N–H and O–H groups in total. The Labute approximate surface area is 123 Å². The molecule has 1 aromatic rings. The third-order valence-electron chi connectivity index (χ3n) is 3.94. The van der Waals surface area contributed by atoms with Gasteiger partial charge in [0.2, 0.25) is 0 Å². The van der Waals surface area contributed by atoms with Gasteiger partial charge in [0.15, 0.2) is 0 Å². The number of halogens is 2. The summed E-state index contributed by atoms with van der Waals surface area (Å²) < 4.78 is 30.5. The van der Waals surface area contributed by atoms with Crippen molar-refractivity contribution in [3.05, 3.63) is 35.4 Å². The van der Waals surface area contributed by atoms with Gasteiger partial charge in [0.1, 0.15) is 6.04 Å². The van der Waals surface area contributed by atoms with Crippen LogP contribution in [0.3, 0.4) is 0 Å². The Kier molecular flexibility index (Phi) is 5.67. The van der Waals surface area contributed by atoms with Gasteiger partial charge < -0.3 is 4.74 Å². The number of ether oxygens (including phenoxy) is 1. The molecule has 1 fully saturated rings. The van der Waals surface area contributed by atoms with Crippen LogP contribution in [-0.4, -0.2) is 19.1 Å². The minimum atomic E-state index is -2.54. The topological polar surface area (TPSA) is 38.3 Å². The van der Waals surface area contributed by atoms with Crippen LogP contribution in [0.25, 0.3) is 0 Å². The molecule has 0 bridgehead atoms. The summed E-state index contributed by atoms with van der Waals surface area (Å²) in [5.74, 6) is -0.438. The van der Waals surface area contributed by atoms with Crippen LogP contribution in [0.1, 0.15) is 55.7 Å². The fraction of sp³-hybridized carbons (Fsp3) is 0.562. The van der Waals surface area contributed by atoms with Gasteiger partial charge in [-0.15, -0.1) is 0 Å². The van der Waals surface area contributed by atoms with E-state index in [1.165, 1.54) is 25.7 Å². The number of carbonyl (C=O) groups excluding carboxylic acids is 1. The second kappa shape index (κ2) is 7.50. The van der Waals surface area contributed by atoms with E-state index in [1.54, 1.807) is 12.1 Å². The summed E-state index contributed by atoms with van der Waals surface area (Å²) in [6.45, 7) is 0. The van der Waals surface area contributed by atoms with E-state index in [-0.39, 0.29) is 11.6 Å². The third-order valence-corrected chi connectivity index (χ3v) is 3.94. The number of methoxy groups -OCH3 is 1. The molecule has 21 heavy (non-hydrogen) atoms. The zero-order valence-electron chi connectivity index (χ0n) is 12.1. The van der Waals surface area contributed by atoms with Crippen molar-refractivity contribution in [3.8, 4) is 0 Å². The van der Waals surface area contributed by atoms with Gasteiger partial charge in [0.25, 0.3) is 6.43 Å². The van der Waals surface area contributed by atoms with Gasteiger partial charge >= 0.3 is 5.97 Å². The lowest BCUT2D eigenvalue weighted by Crippen LogP contribution is -2.38. The summed E-state index contributed by atoms with van der Waals surface area (Å²) in [5, 5.41) is 3.27. The molecule has 3 nitrogen and oxygen atoms in total. The summed E-state index contributed by atoms with van der Waals surface area (Å²) in [5.41, 5.74) is 0.456. The Morgan fingerprint density at radius 2 is 1.90 bits per heavy atom. The Bertz CT molecular complexity index is 473. The van der Waals surface area contributed by atoms with Crippen molar-refractivity contribution in [1.82, 2.24) is 5.32 Å². The fourth-order valence-electron chi connectivity index (χ4n) is 2.80. The minimum absolute atomic E-state index is 0.0770. The van der Waals surface area contributed by atoms with Crippen molar-refractivity contribution in [2.75, 3.05) is 7.11 Å². The highest BCUT2D eigenvalue weighted by molar-refractivity contribution is 5.77. The molecule has 0 aromatic heterocycles. The van der Waals surface area contributed by atoms with Gasteiger partial charge in [0.05, 0.1) is 7.11 Å². The summed E-state index contributed by atoms with van der Waals surface area (Å²) >= 11 is 0. The molecule has 0 radical (unpaired) electrons. The normalized spacial score (nSPS) is 17.7. The first-order valence-corrected chi connectivity index (χ1v) is 7.33. The van der Waals surface area contributed by atoms with E-state index in [9.17, 15) is 13.6 Å². The van der Waals surface area contributed by atoms with Gasteiger partial charge in [-0.1, -0.05) is 37.5 Å². The SMILES string of the molecule is COC(=O)C(NC1CCCCC1)c1cccc(C(F)F)c1. The first-order chi connectivity index (χ1) is 10.1. The first kappa shape index (κ1) is 15.9. The maximum Gasteiger partial charge on any atom is 0.327 e. The molecular formula is C16H21F2NO2. The number of benzene rings is 1. The zero-order valence-corrected chi connectivity index (χ0v) is 12.1. The maximum atomic E-state index is 12.8. The predicted molar refractivity (Wildman–Crippen MR) is 76.2 cm³/mol. The minimum Gasteiger partial charge on any atom is -0.468 e. The van der Waals surface area contributed by atoms with Crippen molar-refractivity contribution >= 4 is 5.97 Å². The number of nitrogens with one attached hydrogen (secondary N) is 1. The van der Waals surface area contributed by atoms with E-state index >= 15 is 0 Å². The van der Waals surface area contributed by atoms with Gasteiger partial charge in [0, 0.05) is 11.6 Å². The van der Waals surface area contributed by atoms with Gasteiger partial charge in [-0.25, -0.2) is 13.6 Å². The van der Waals surface area contributed by atoms with Crippen LogP contribution in [0.15, 0.2) is 24.3 Å². The van der Waals surface area contributed by atoms with E-state index in [0.717, 1.165) is 25.7 Å². The van der Waals surface area contributed by atoms with Gasteiger partial charge in [-0.3, -0.25) is 5.32 Å². The van der Waals surface area contributed by atoms with Crippen molar-refractivity contribution in [2.45, 2.75) is 50.6 Å². The average Bonchev–Trinajstić information content (AvgIpc) is 2.53. The summed E-state index contributed by atoms with van der Waals surface area (Å²) in [6.07, 6.45) is 2.93. The maximum absolute atomic E-state index is 12.8. The predicted octanol–water partition coefficient (Wildman–Crippen LogP) is 3.76. The lowest BCUT2D eigenvalue weighted by Gasteiger charge is -2.27. The fourth-order valence-corrected chi connectivity index (χ4v) is 2.80. The summed E-state index contributed by atoms with van der Waals surface area (Å²) in [6, 6.07) is 5.53. The lowest BCUT2D eigenvalue weighted by molar-refractivity contribution is -0.143. The highest BCUT2D eigenvalue weighted by Crippen LogP contribution is 2.26. The highest BCUT2D eigenvalue weighted by Gasteiger charge is 2.26. The first-order valence-electron chi connectivity index (χ1n) is 7.33. The second-order valence-corrected chi connectivity index (χ2v) is 5.43. The average molecular weight is 297 g/mol. The lowest BCUT2D eigenvalue weighted by atomic mass is 9.93. The number of hydrogen-bond donors (Lipinski definition) is 1. The van der Waals surface area contributed by atoms with Crippen LogP contribution in [0.4, 0.5) is 8.78 Å². The molecule has 2 rings (SSSR count). The Balaban J connectivity index is 2.18. The van der Waals surface area contributed by atoms with Crippen LogP contribution in [-0.2, 0) is 9.53 Å². The Morgan fingerprint density at radius 1 is 1.24 bits per heavy atom. The smallest absolute Gasteiger partial charge is 0.327 e. The Hall–Kier alpha value is -1.49. The molecule has 116 valence electrons. The monoisotopic (exact) mass is 297 g/mol. The largest absolute Gasteiger partial charge is 0.468 e. The van der Waals surface area contributed by atoms with Crippen LogP contribution in [0, 0.1) is 0 Å². The van der Waals surface area contributed by atoms with Crippen LogP contribution >= 0.6 is 0 Å². The molecule has 1 atom stereocenters. The van der Waals surface area contributed by atoms with E-state index in [2.05, 4.69) is 5.32 Å². The molecule has 0 aliphatic heterocycles. The molecule has 0 amide bonds. The number of alkyl halides is 2. The van der Waals surface area contributed by atoms with Crippen molar-refractivity contribution in [1.29, 1.82) is 0 Å². The summed E-state index contributed by atoms with van der Waals surface area (Å²) in [7, 11) is 1.31. The number of rotatable bonds is 5. The Morgan fingerprint density at radius 3 is 2.52 bits per heavy atom. The molecule has 0 heterocycles. The van der Waals surface area contributed by atoms with Crippen molar-refractivity contribution in [3.63, 3.8) is 0 Å². The quantitative estimate of drug-likeness (QED) is 0.841. The number of esters is 1. The molecule has 5 heteroatoms. The second-order valence-electron chi connectivity index (χ2n) is 5.43. The van der Waals surface area contributed by atoms with E-state index in [1.807, 2.05) is 0 Å². The molecule has 0 spiro atoms. The van der Waals surface area contributed by atoms with E-state index in [4.69, 9.17) is 4.74 Å². The number of carbonyl (C=O) groups is 1. The zero-order chi connectivity index (χ0) is 15.2. The number of hydrogen-bond acceptors (Lipinski definition) is 3.